The number of fused-ring (bicyclic) bond motifs is 1. The highest BCUT2D eigenvalue weighted by Crippen LogP contribution is 2.33. The van der Waals surface area contributed by atoms with Crippen LogP contribution in [-0.4, -0.2) is 11.5 Å². The van der Waals surface area contributed by atoms with E-state index < -0.39 is 0 Å². The van der Waals surface area contributed by atoms with Crippen molar-refractivity contribution < 1.29 is 4.42 Å². The van der Waals surface area contributed by atoms with Crippen LogP contribution in [0.3, 0.4) is 0 Å². The predicted octanol–water partition coefficient (Wildman–Crippen LogP) is 3.02. The highest BCUT2D eigenvalue weighted by Gasteiger charge is 2.15. The molecule has 0 aliphatic carbocycles. The van der Waals surface area contributed by atoms with Crippen LogP contribution in [0.25, 0.3) is 11.1 Å². The Balaban J connectivity index is 2.76. The Morgan fingerprint density at radius 2 is 1.88 bits per heavy atom. The first-order valence-corrected chi connectivity index (χ1v) is 6.10. The van der Waals surface area contributed by atoms with Crippen molar-refractivity contribution in [1.29, 1.82) is 0 Å². The van der Waals surface area contributed by atoms with Crippen molar-refractivity contribution in [2.24, 2.45) is 5.73 Å². The van der Waals surface area contributed by atoms with Crippen LogP contribution in [0.1, 0.15) is 22.6 Å². The van der Waals surface area contributed by atoms with E-state index in [0.29, 0.717) is 13.0 Å². The van der Waals surface area contributed by atoms with Crippen molar-refractivity contribution in [3.63, 3.8) is 0 Å². The van der Waals surface area contributed by atoms with Crippen LogP contribution in [0.5, 0.6) is 0 Å². The zero-order valence-corrected chi connectivity index (χ0v) is 11.3. The second-order valence-electron chi connectivity index (χ2n) is 4.01. The largest absolute Gasteiger partial charge is 0.440 e. The minimum atomic E-state index is 0.561. The number of nitrogens with zero attached hydrogens (tertiary/aromatic N) is 1. The molecule has 0 amide bonds. The molecular weight excluding hydrogens is 268 g/mol. The zero-order valence-electron chi connectivity index (χ0n) is 9.72. The number of benzene rings is 1. The van der Waals surface area contributed by atoms with E-state index >= 15 is 0 Å². The third-order valence-electron chi connectivity index (χ3n) is 2.95. The topological polar surface area (TPSA) is 52.0 Å². The molecule has 0 unspecified atom stereocenters. The first kappa shape index (κ1) is 11.6. The van der Waals surface area contributed by atoms with Crippen molar-refractivity contribution in [1.82, 2.24) is 4.98 Å². The van der Waals surface area contributed by atoms with Crippen molar-refractivity contribution in [3.05, 3.63) is 27.1 Å². The Bertz CT molecular complexity index is 501. The van der Waals surface area contributed by atoms with E-state index in [2.05, 4.69) is 34.8 Å². The molecule has 2 aromatic rings. The van der Waals surface area contributed by atoms with Crippen molar-refractivity contribution >= 4 is 27.0 Å². The molecule has 1 aromatic carbocycles. The molecule has 1 heterocycles. The Hall–Kier alpha value is -0.870. The summed E-state index contributed by atoms with van der Waals surface area (Å²) < 4.78 is 6.84. The molecule has 0 radical (unpaired) electrons. The fourth-order valence-electron chi connectivity index (χ4n) is 1.83. The first-order valence-electron chi connectivity index (χ1n) is 5.31. The summed E-state index contributed by atoms with van der Waals surface area (Å²) in [5, 5.41) is 0. The number of aryl methyl sites for hydroxylation is 2. The number of nitrogens with two attached hydrogens (primary N) is 1. The zero-order chi connectivity index (χ0) is 11.9. The predicted molar refractivity (Wildman–Crippen MR) is 68.7 cm³/mol. The lowest BCUT2D eigenvalue weighted by Gasteiger charge is -2.06. The van der Waals surface area contributed by atoms with Crippen LogP contribution in [0.2, 0.25) is 0 Å². The van der Waals surface area contributed by atoms with Crippen LogP contribution in [0.15, 0.2) is 8.89 Å². The monoisotopic (exact) mass is 282 g/mol. The summed E-state index contributed by atoms with van der Waals surface area (Å²) in [7, 11) is 0. The summed E-state index contributed by atoms with van der Waals surface area (Å²) in [4.78, 5) is 4.50. The van der Waals surface area contributed by atoms with Gasteiger partial charge in [-0.1, -0.05) is 15.9 Å². The Labute approximate surface area is 103 Å². The molecule has 0 bridgehead atoms. The summed E-state index contributed by atoms with van der Waals surface area (Å²) in [5.41, 5.74) is 10.8. The molecule has 0 aliphatic heterocycles. The molecule has 0 atom stereocenters. The molecule has 0 spiro atoms. The van der Waals surface area contributed by atoms with Gasteiger partial charge in [0, 0.05) is 23.0 Å². The fraction of sp³-hybridized carbons (Fsp3) is 0.417. The number of hydrogen-bond donors (Lipinski definition) is 1. The highest BCUT2D eigenvalue weighted by molar-refractivity contribution is 9.10. The van der Waals surface area contributed by atoms with Crippen molar-refractivity contribution in [2.75, 3.05) is 6.54 Å². The van der Waals surface area contributed by atoms with E-state index in [1.54, 1.807) is 0 Å². The molecule has 0 saturated heterocycles. The van der Waals surface area contributed by atoms with Gasteiger partial charge in [0.1, 0.15) is 5.52 Å². The average molecular weight is 283 g/mol. The molecule has 2 rings (SSSR count). The van der Waals surface area contributed by atoms with Gasteiger partial charge in [-0.3, -0.25) is 0 Å². The molecule has 0 aliphatic rings. The standard InChI is InChI=1S/C12H15BrN2O/c1-6-7(2)11-12(8(3)10(6)13)16-9(15-11)4-5-14/h4-5,14H2,1-3H3. The van der Waals surface area contributed by atoms with Gasteiger partial charge < -0.3 is 10.2 Å². The SMILES string of the molecule is Cc1c(Br)c(C)c2oc(CCN)nc2c1C. The van der Waals surface area contributed by atoms with E-state index in [9.17, 15) is 0 Å². The summed E-state index contributed by atoms with van der Waals surface area (Å²) in [6, 6.07) is 0. The molecule has 0 fully saturated rings. The van der Waals surface area contributed by atoms with Gasteiger partial charge in [-0.15, -0.1) is 0 Å². The minimum absolute atomic E-state index is 0.561. The van der Waals surface area contributed by atoms with Crippen LogP contribution < -0.4 is 5.73 Å². The second-order valence-corrected chi connectivity index (χ2v) is 4.81. The molecule has 16 heavy (non-hydrogen) atoms. The maximum absolute atomic E-state index is 5.73. The number of hydrogen-bond acceptors (Lipinski definition) is 3. The van der Waals surface area contributed by atoms with Gasteiger partial charge in [0.25, 0.3) is 0 Å². The maximum Gasteiger partial charge on any atom is 0.196 e. The van der Waals surface area contributed by atoms with Crippen molar-refractivity contribution in [3.8, 4) is 0 Å². The normalized spacial score (nSPS) is 11.3. The fourth-order valence-corrected chi connectivity index (χ4v) is 2.30. The smallest absolute Gasteiger partial charge is 0.196 e. The Morgan fingerprint density at radius 1 is 1.19 bits per heavy atom. The van der Waals surface area contributed by atoms with Crippen LogP contribution in [-0.2, 0) is 6.42 Å². The van der Waals surface area contributed by atoms with E-state index in [0.717, 1.165) is 27.0 Å². The maximum atomic E-state index is 5.73. The molecule has 2 N–H and O–H groups in total. The number of rotatable bonds is 2. The number of oxazole rings is 1. The van der Waals surface area contributed by atoms with Crippen LogP contribution >= 0.6 is 15.9 Å². The highest BCUT2D eigenvalue weighted by atomic mass is 79.9. The summed E-state index contributed by atoms with van der Waals surface area (Å²) in [6.07, 6.45) is 0.685. The molecule has 4 heteroatoms. The average Bonchev–Trinajstić information content (AvgIpc) is 2.68. The van der Waals surface area contributed by atoms with Gasteiger partial charge in [0.15, 0.2) is 11.5 Å². The molecular formula is C12H15BrN2O. The minimum Gasteiger partial charge on any atom is -0.440 e. The molecule has 1 aromatic heterocycles. The van der Waals surface area contributed by atoms with E-state index in [1.165, 1.54) is 11.1 Å². The lowest BCUT2D eigenvalue weighted by molar-refractivity contribution is 0.529. The van der Waals surface area contributed by atoms with Crippen LogP contribution in [0.4, 0.5) is 0 Å². The van der Waals surface area contributed by atoms with E-state index in [-0.39, 0.29) is 0 Å². The first-order chi connectivity index (χ1) is 7.56. The number of aromatic nitrogens is 1. The van der Waals surface area contributed by atoms with Crippen molar-refractivity contribution in [2.45, 2.75) is 27.2 Å². The van der Waals surface area contributed by atoms with Gasteiger partial charge in [-0.25, -0.2) is 4.98 Å². The quantitative estimate of drug-likeness (QED) is 0.921. The van der Waals surface area contributed by atoms with E-state index in [1.807, 2.05) is 6.92 Å². The van der Waals surface area contributed by atoms with Gasteiger partial charge in [0.2, 0.25) is 0 Å². The molecule has 0 saturated carbocycles. The lowest BCUT2D eigenvalue weighted by Crippen LogP contribution is -2.02. The van der Waals surface area contributed by atoms with E-state index in [4.69, 9.17) is 10.2 Å². The number of halogens is 1. The third-order valence-corrected chi connectivity index (χ3v) is 4.14. The molecule has 86 valence electrons. The summed E-state index contributed by atoms with van der Waals surface area (Å²) >= 11 is 3.59. The summed E-state index contributed by atoms with van der Waals surface area (Å²) in [5.74, 6) is 0.723. The molecule has 3 nitrogen and oxygen atoms in total. The Kier molecular flexibility index (Phi) is 3.04. The Morgan fingerprint density at radius 3 is 2.50 bits per heavy atom. The van der Waals surface area contributed by atoms with Gasteiger partial charge in [0.05, 0.1) is 0 Å². The van der Waals surface area contributed by atoms with Gasteiger partial charge in [-0.2, -0.15) is 0 Å². The van der Waals surface area contributed by atoms with Crippen LogP contribution in [0, 0.1) is 20.8 Å². The second kappa shape index (κ2) is 4.18. The van der Waals surface area contributed by atoms with Gasteiger partial charge in [-0.05, 0) is 31.9 Å². The third kappa shape index (κ3) is 1.66. The summed E-state index contributed by atoms with van der Waals surface area (Å²) in [6.45, 7) is 6.75. The lowest BCUT2D eigenvalue weighted by atomic mass is 10.1. The van der Waals surface area contributed by atoms with Gasteiger partial charge >= 0.3 is 0 Å².